The molecule has 13 heavy (non-hydrogen) atoms. The summed E-state index contributed by atoms with van der Waals surface area (Å²) < 4.78 is 0. The SMILES string of the molecule is C=CCSCCNC(CC)C1CC1. The van der Waals surface area contributed by atoms with E-state index in [0.29, 0.717) is 0 Å². The number of hydrogen-bond acceptors (Lipinski definition) is 2. The Bertz CT molecular complexity index is 143. The number of thioether (sulfide) groups is 1. The van der Waals surface area contributed by atoms with E-state index in [9.17, 15) is 0 Å². The Balaban J connectivity index is 1.93. The quantitative estimate of drug-likeness (QED) is 0.476. The van der Waals surface area contributed by atoms with Gasteiger partial charge in [0.05, 0.1) is 0 Å². The minimum absolute atomic E-state index is 0.796. The molecular formula is C11H21NS. The Labute approximate surface area is 86.4 Å². The fourth-order valence-corrected chi connectivity index (χ4v) is 2.22. The summed E-state index contributed by atoms with van der Waals surface area (Å²) in [4.78, 5) is 0. The molecule has 0 aromatic rings. The highest BCUT2D eigenvalue weighted by Gasteiger charge is 2.28. The van der Waals surface area contributed by atoms with Crippen molar-refractivity contribution in [3.8, 4) is 0 Å². The van der Waals surface area contributed by atoms with Crippen LogP contribution in [0, 0.1) is 5.92 Å². The van der Waals surface area contributed by atoms with Gasteiger partial charge in [-0.3, -0.25) is 0 Å². The smallest absolute Gasteiger partial charge is 0.0111 e. The molecule has 76 valence electrons. The van der Waals surface area contributed by atoms with Gasteiger partial charge in [0.2, 0.25) is 0 Å². The number of rotatable bonds is 8. The third-order valence-corrected chi connectivity index (χ3v) is 3.48. The normalized spacial score (nSPS) is 18.5. The second kappa shape index (κ2) is 6.50. The standard InChI is InChI=1S/C11H21NS/c1-3-8-13-9-7-12-11(4-2)10-5-6-10/h3,10-12H,1,4-9H2,2H3. The van der Waals surface area contributed by atoms with Gasteiger partial charge in [-0.05, 0) is 25.2 Å². The van der Waals surface area contributed by atoms with Crippen LogP contribution in [-0.4, -0.2) is 24.1 Å². The van der Waals surface area contributed by atoms with Crippen molar-refractivity contribution < 1.29 is 0 Å². The monoisotopic (exact) mass is 199 g/mol. The van der Waals surface area contributed by atoms with Crippen molar-refractivity contribution in [2.24, 2.45) is 5.92 Å². The predicted octanol–water partition coefficient (Wildman–Crippen LogP) is 2.68. The van der Waals surface area contributed by atoms with Gasteiger partial charge in [-0.15, -0.1) is 6.58 Å². The Morgan fingerprint density at radius 2 is 2.38 bits per heavy atom. The number of nitrogens with one attached hydrogen (secondary N) is 1. The Morgan fingerprint density at radius 3 is 2.92 bits per heavy atom. The van der Waals surface area contributed by atoms with Crippen molar-refractivity contribution in [2.45, 2.75) is 32.2 Å². The fraction of sp³-hybridized carbons (Fsp3) is 0.818. The molecule has 1 atom stereocenters. The lowest BCUT2D eigenvalue weighted by molar-refractivity contribution is 0.464. The van der Waals surface area contributed by atoms with Crippen LogP contribution >= 0.6 is 11.8 Å². The van der Waals surface area contributed by atoms with Crippen LogP contribution in [0.2, 0.25) is 0 Å². The maximum Gasteiger partial charge on any atom is 0.0111 e. The molecule has 1 nitrogen and oxygen atoms in total. The second-order valence-electron chi connectivity index (χ2n) is 3.67. The molecule has 1 unspecified atom stereocenters. The zero-order valence-corrected chi connectivity index (χ0v) is 9.41. The van der Waals surface area contributed by atoms with E-state index in [-0.39, 0.29) is 0 Å². The zero-order valence-electron chi connectivity index (χ0n) is 8.59. The minimum atomic E-state index is 0.796. The molecule has 0 heterocycles. The van der Waals surface area contributed by atoms with E-state index in [1.54, 1.807) is 0 Å². The number of hydrogen-bond donors (Lipinski definition) is 1. The van der Waals surface area contributed by atoms with Crippen LogP contribution in [0.1, 0.15) is 26.2 Å². The van der Waals surface area contributed by atoms with Gasteiger partial charge in [-0.25, -0.2) is 0 Å². The van der Waals surface area contributed by atoms with E-state index >= 15 is 0 Å². The Hall–Kier alpha value is 0.0500. The van der Waals surface area contributed by atoms with Crippen LogP contribution in [0.25, 0.3) is 0 Å². The topological polar surface area (TPSA) is 12.0 Å². The molecule has 1 aliphatic rings. The van der Waals surface area contributed by atoms with Crippen LogP contribution in [0.15, 0.2) is 12.7 Å². The first-order chi connectivity index (χ1) is 6.38. The maximum atomic E-state index is 3.71. The van der Waals surface area contributed by atoms with Crippen molar-refractivity contribution in [3.63, 3.8) is 0 Å². The van der Waals surface area contributed by atoms with Gasteiger partial charge < -0.3 is 5.32 Å². The lowest BCUT2D eigenvalue weighted by Gasteiger charge is -2.15. The van der Waals surface area contributed by atoms with Gasteiger partial charge >= 0.3 is 0 Å². The summed E-state index contributed by atoms with van der Waals surface area (Å²) in [5.41, 5.74) is 0. The van der Waals surface area contributed by atoms with Gasteiger partial charge in [0.15, 0.2) is 0 Å². The molecule has 0 amide bonds. The van der Waals surface area contributed by atoms with Gasteiger partial charge in [-0.1, -0.05) is 13.0 Å². The summed E-state index contributed by atoms with van der Waals surface area (Å²) in [5.74, 6) is 3.30. The van der Waals surface area contributed by atoms with E-state index < -0.39 is 0 Å². The van der Waals surface area contributed by atoms with Crippen LogP contribution in [0.3, 0.4) is 0 Å². The third kappa shape index (κ3) is 4.72. The molecule has 1 aliphatic carbocycles. The molecule has 0 aromatic heterocycles. The molecule has 1 rings (SSSR count). The summed E-state index contributed by atoms with van der Waals surface area (Å²) >= 11 is 1.96. The van der Waals surface area contributed by atoms with Crippen molar-refractivity contribution in [2.75, 3.05) is 18.1 Å². The van der Waals surface area contributed by atoms with Gasteiger partial charge in [0.1, 0.15) is 0 Å². The van der Waals surface area contributed by atoms with E-state index in [1.807, 2.05) is 17.8 Å². The van der Waals surface area contributed by atoms with Crippen molar-refractivity contribution in [3.05, 3.63) is 12.7 Å². The average Bonchev–Trinajstić information content (AvgIpc) is 2.95. The molecule has 0 saturated heterocycles. The minimum Gasteiger partial charge on any atom is -0.313 e. The molecule has 2 heteroatoms. The molecule has 0 aromatic carbocycles. The second-order valence-corrected chi connectivity index (χ2v) is 4.82. The van der Waals surface area contributed by atoms with Crippen LogP contribution in [0.4, 0.5) is 0 Å². The molecule has 1 saturated carbocycles. The Morgan fingerprint density at radius 1 is 1.62 bits per heavy atom. The first kappa shape index (κ1) is 11.1. The molecule has 1 fully saturated rings. The Kier molecular flexibility index (Phi) is 5.56. The summed E-state index contributed by atoms with van der Waals surface area (Å²) in [6.07, 6.45) is 6.16. The van der Waals surface area contributed by atoms with Crippen LogP contribution in [0.5, 0.6) is 0 Å². The fourth-order valence-electron chi connectivity index (χ4n) is 1.63. The predicted molar refractivity (Wildman–Crippen MR) is 62.3 cm³/mol. The highest BCUT2D eigenvalue weighted by atomic mass is 32.2. The maximum absolute atomic E-state index is 3.71. The van der Waals surface area contributed by atoms with Crippen molar-refractivity contribution in [1.82, 2.24) is 5.32 Å². The highest BCUT2D eigenvalue weighted by molar-refractivity contribution is 7.99. The summed E-state index contributed by atoms with van der Waals surface area (Å²) in [7, 11) is 0. The van der Waals surface area contributed by atoms with E-state index in [2.05, 4.69) is 18.8 Å². The summed E-state index contributed by atoms with van der Waals surface area (Å²) in [6, 6.07) is 0.796. The molecule has 0 radical (unpaired) electrons. The highest BCUT2D eigenvalue weighted by Crippen LogP contribution is 2.33. The van der Waals surface area contributed by atoms with Gasteiger partial charge in [-0.2, -0.15) is 11.8 Å². The summed E-state index contributed by atoms with van der Waals surface area (Å²) in [5, 5.41) is 3.64. The molecule has 0 bridgehead atoms. The molecule has 0 spiro atoms. The van der Waals surface area contributed by atoms with E-state index in [4.69, 9.17) is 0 Å². The molecule has 0 aliphatic heterocycles. The lowest BCUT2D eigenvalue weighted by atomic mass is 10.1. The first-order valence-electron chi connectivity index (χ1n) is 5.30. The molecule has 1 N–H and O–H groups in total. The molecular weight excluding hydrogens is 178 g/mol. The lowest BCUT2D eigenvalue weighted by Crippen LogP contribution is -2.32. The van der Waals surface area contributed by atoms with E-state index in [0.717, 1.165) is 24.3 Å². The van der Waals surface area contributed by atoms with E-state index in [1.165, 1.54) is 25.0 Å². The zero-order chi connectivity index (χ0) is 9.52. The third-order valence-electron chi connectivity index (χ3n) is 2.52. The van der Waals surface area contributed by atoms with Gasteiger partial charge in [0.25, 0.3) is 0 Å². The van der Waals surface area contributed by atoms with Crippen LogP contribution < -0.4 is 5.32 Å². The van der Waals surface area contributed by atoms with Gasteiger partial charge in [0, 0.05) is 24.1 Å². The average molecular weight is 199 g/mol. The van der Waals surface area contributed by atoms with Crippen molar-refractivity contribution in [1.29, 1.82) is 0 Å². The first-order valence-corrected chi connectivity index (χ1v) is 6.46. The van der Waals surface area contributed by atoms with Crippen LogP contribution in [-0.2, 0) is 0 Å². The summed E-state index contributed by atoms with van der Waals surface area (Å²) in [6.45, 7) is 7.15. The largest absolute Gasteiger partial charge is 0.313 e. The van der Waals surface area contributed by atoms with Crippen molar-refractivity contribution >= 4 is 11.8 Å².